The smallest absolute Gasteiger partial charge is 0.337 e. The Labute approximate surface area is 127 Å². The molecule has 5 nitrogen and oxygen atoms in total. The molecule has 1 aromatic carbocycles. The molecule has 0 saturated carbocycles. The maximum absolute atomic E-state index is 12.2. The molecule has 1 rings (SSSR count). The maximum Gasteiger partial charge on any atom is 0.337 e. The molecule has 0 fully saturated rings. The summed E-state index contributed by atoms with van der Waals surface area (Å²) in [6.45, 7) is 2.95. The van der Waals surface area contributed by atoms with Crippen LogP contribution in [0.15, 0.2) is 17.0 Å². The standard InChI is InChI=1S/C12H14Cl2O5S/c1-12(2,17)3-4-20(18,19)9-6-7(13)5-8(10(9)14)11(15)16/h5-6,17H,3-4H2,1-2H3,(H,15,16). The van der Waals surface area contributed by atoms with Gasteiger partial charge in [0.2, 0.25) is 0 Å². The molecule has 0 atom stereocenters. The van der Waals surface area contributed by atoms with Gasteiger partial charge in [0.25, 0.3) is 0 Å². The van der Waals surface area contributed by atoms with Crippen LogP contribution >= 0.6 is 23.2 Å². The molecule has 0 radical (unpaired) electrons. The maximum atomic E-state index is 12.2. The van der Waals surface area contributed by atoms with Crippen LogP contribution in [-0.4, -0.2) is 36.0 Å². The number of rotatable bonds is 5. The van der Waals surface area contributed by atoms with E-state index in [-0.39, 0.29) is 32.7 Å². The lowest BCUT2D eigenvalue weighted by Gasteiger charge is -2.17. The third-order valence-corrected chi connectivity index (χ3v) is 5.02. The molecule has 0 aromatic heterocycles. The molecule has 0 aliphatic rings. The number of hydrogen-bond donors (Lipinski definition) is 2. The molecule has 0 unspecified atom stereocenters. The molecule has 0 aliphatic carbocycles. The van der Waals surface area contributed by atoms with Crippen LogP contribution in [0.3, 0.4) is 0 Å². The average Bonchev–Trinajstić information content (AvgIpc) is 2.28. The van der Waals surface area contributed by atoms with Crippen molar-refractivity contribution >= 4 is 39.0 Å². The van der Waals surface area contributed by atoms with E-state index in [0.717, 1.165) is 12.1 Å². The Morgan fingerprint density at radius 3 is 2.30 bits per heavy atom. The monoisotopic (exact) mass is 340 g/mol. The normalized spacial score (nSPS) is 12.4. The highest BCUT2D eigenvalue weighted by molar-refractivity contribution is 7.91. The molecular formula is C12H14Cl2O5S. The Morgan fingerprint density at radius 1 is 1.30 bits per heavy atom. The number of aromatic carboxylic acids is 1. The number of carboxylic acids is 1. The van der Waals surface area contributed by atoms with Crippen molar-refractivity contribution in [2.45, 2.75) is 30.8 Å². The van der Waals surface area contributed by atoms with E-state index >= 15 is 0 Å². The van der Waals surface area contributed by atoms with Crippen molar-refractivity contribution in [2.24, 2.45) is 0 Å². The fourth-order valence-electron chi connectivity index (χ4n) is 1.44. The summed E-state index contributed by atoms with van der Waals surface area (Å²) in [6.07, 6.45) is -0.0133. The van der Waals surface area contributed by atoms with E-state index in [1.165, 1.54) is 13.8 Å². The van der Waals surface area contributed by atoms with Crippen LogP contribution in [0, 0.1) is 0 Å². The zero-order valence-corrected chi connectivity index (χ0v) is 13.2. The van der Waals surface area contributed by atoms with Gasteiger partial charge in [-0.25, -0.2) is 13.2 Å². The number of carbonyl (C=O) groups is 1. The zero-order chi connectivity index (χ0) is 15.7. The van der Waals surface area contributed by atoms with Gasteiger partial charge in [0.15, 0.2) is 9.84 Å². The van der Waals surface area contributed by atoms with E-state index < -0.39 is 21.4 Å². The van der Waals surface area contributed by atoms with Crippen LogP contribution in [0.4, 0.5) is 0 Å². The molecular weight excluding hydrogens is 327 g/mol. The molecule has 0 aliphatic heterocycles. The summed E-state index contributed by atoms with van der Waals surface area (Å²) in [4.78, 5) is 10.7. The van der Waals surface area contributed by atoms with Crippen LogP contribution in [0.2, 0.25) is 10.0 Å². The van der Waals surface area contributed by atoms with E-state index in [1.54, 1.807) is 0 Å². The molecule has 20 heavy (non-hydrogen) atoms. The van der Waals surface area contributed by atoms with Crippen molar-refractivity contribution in [1.82, 2.24) is 0 Å². The molecule has 0 saturated heterocycles. The minimum atomic E-state index is -3.84. The fourth-order valence-corrected chi connectivity index (χ4v) is 3.94. The fraction of sp³-hybridized carbons (Fsp3) is 0.417. The van der Waals surface area contributed by atoms with Gasteiger partial charge in [-0.2, -0.15) is 0 Å². The summed E-state index contributed by atoms with van der Waals surface area (Å²) >= 11 is 11.6. The van der Waals surface area contributed by atoms with Gasteiger partial charge in [-0.3, -0.25) is 0 Å². The minimum absolute atomic E-state index is 0.0133. The van der Waals surface area contributed by atoms with Crippen molar-refractivity contribution in [3.05, 3.63) is 27.7 Å². The molecule has 112 valence electrons. The van der Waals surface area contributed by atoms with Gasteiger partial charge in [-0.15, -0.1) is 0 Å². The Bertz CT molecular complexity index is 632. The van der Waals surface area contributed by atoms with Crippen molar-refractivity contribution in [3.8, 4) is 0 Å². The molecule has 1 aromatic rings. The minimum Gasteiger partial charge on any atom is -0.478 e. The quantitative estimate of drug-likeness (QED) is 0.859. The number of carboxylic acid groups (broad SMARTS) is 1. The number of aliphatic hydroxyl groups is 1. The lowest BCUT2D eigenvalue weighted by Crippen LogP contribution is -2.23. The SMILES string of the molecule is CC(C)(O)CCS(=O)(=O)c1cc(Cl)cc(C(=O)O)c1Cl. The second kappa shape index (κ2) is 5.89. The third-order valence-electron chi connectivity index (χ3n) is 2.55. The summed E-state index contributed by atoms with van der Waals surface area (Å²) < 4.78 is 24.4. The van der Waals surface area contributed by atoms with E-state index in [0.29, 0.717) is 0 Å². The molecule has 0 amide bonds. The molecule has 8 heteroatoms. The van der Waals surface area contributed by atoms with Crippen molar-refractivity contribution < 1.29 is 23.4 Å². The third kappa shape index (κ3) is 4.34. The van der Waals surface area contributed by atoms with E-state index in [4.69, 9.17) is 28.3 Å². The van der Waals surface area contributed by atoms with Crippen LogP contribution in [0.5, 0.6) is 0 Å². The van der Waals surface area contributed by atoms with Crippen molar-refractivity contribution in [3.63, 3.8) is 0 Å². The predicted molar refractivity (Wildman–Crippen MR) is 76.4 cm³/mol. The second-order valence-corrected chi connectivity index (χ2v) is 7.84. The first-order valence-electron chi connectivity index (χ1n) is 5.61. The Kier molecular flexibility index (Phi) is 5.08. The van der Waals surface area contributed by atoms with E-state index in [9.17, 15) is 18.3 Å². The van der Waals surface area contributed by atoms with Gasteiger partial charge >= 0.3 is 5.97 Å². The number of hydrogen-bond acceptors (Lipinski definition) is 4. The Hall–Kier alpha value is -0.820. The first kappa shape index (κ1) is 17.2. The van der Waals surface area contributed by atoms with Gasteiger partial charge in [0, 0.05) is 5.02 Å². The topological polar surface area (TPSA) is 91.7 Å². The summed E-state index contributed by atoms with van der Waals surface area (Å²) in [7, 11) is -3.84. The number of benzene rings is 1. The van der Waals surface area contributed by atoms with E-state index in [2.05, 4.69) is 0 Å². The number of halogens is 2. The average molecular weight is 341 g/mol. The van der Waals surface area contributed by atoms with Crippen LogP contribution < -0.4 is 0 Å². The molecule has 0 spiro atoms. The first-order chi connectivity index (χ1) is 8.94. The molecule has 0 bridgehead atoms. The van der Waals surface area contributed by atoms with Gasteiger partial charge in [0.05, 0.1) is 26.8 Å². The lowest BCUT2D eigenvalue weighted by molar-refractivity contribution is 0.0695. The summed E-state index contributed by atoms with van der Waals surface area (Å²) in [6, 6.07) is 2.19. The highest BCUT2D eigenvalue weighted by atomic mass is 35.5. The largest absolute Gasteiger partial charge is 0.478 e. The Balaban J connectivity index is 3.29. The van der Waals surface area contributed by atoms with Gasteiger partial charge in [0.1, 0.15) is 0 Å². The second-order valence-electron chi connectivity index (χ2n) is 4.95. The van der Waals surface area contributed by atoms with Crippen LogP contribution in [-0.2, 0) is 9.84 Å². The van der Waals surface area contributed by atoms with Crippen LogP contribution in [0.1, 0.15) is 30.6 Å². The van der Waals surface area contributed by atoms with Gasteiger partial charge in [-0.05, 0) is 32.4 Å². The highest BCUT2D eigenvalue weighted by Crippen LogP contribution is 2.31. The summed E-state index contributed by atoms with van der Waals surface area (Å²) in [5, 5.41) is 18.1. The highest BCUT2D eigenvalue weighted by Gasteiger charge is 2.26. The van der Waals surface area contributed by atoms with Gasteiger partial charge < -0.3 is 10.2 Å². The molecule has 2 N–H and O–H groups in total. The lowest BCUT2D eigenvalue weighted by atomic mass is 10.1. The summed E-state index contributed by atoms with van der Waals surface area (Å²) in [5.41, 5.74) is -1.53. The molecule has 0 heterocycles. The predicted octanol–water partition coefficient (Wildman–Crippen LogP) is 2.63. The van der Waals surface area contributed by atoms with E-state index in [1.807, 2.05) is 0 Å². The Morgan fingerprint density at radius 2 is 1.85 bits per heavy atom. The number of sulfone groups is 1. The van der Waals surface area contributed by atoms with Crippen molar-refractivity contribution in [2.75, 3.05) is 5.75 Å². The summed E-state index contributed by atoms with van der Waals surface area (Å²) in [5.74, 6) is -1.73. The van der Waals surface area contributed by atoms with Gasteiger partial charge in [-0.1, -0.05) is 23.2 Å². The van der Waals surface area contributed by atoms with Crippen LogP contribution in [0.25, 0.3) is 0 Å². The van der Waals surface area contributed by atoms with Crippen molar-refractivity contribution in [1.29, 1.82) is 0 Å². The zero-order valence-electron chi connectivity index (χ0n) is 10.9. The first-order valence-corrected chi connectivity index (χ1v) is 8.02.